The minimum atomic E-state index is -3.14. The van der Waals surface area contributed by atoms with E-state index < -0.39 is 10.0 Å². The minimum Gasteiger partial charge on any atom is -0.290 e. The Bertz CT molecular complexity index is 195. The van der Waals surface area contributed by atoms with Gasteiger partial charge in [-0.1, -0.05) is 4.89 Å². The van der Waals surface area contributed by atoms with Crippen molar-refractivity contribution in [1.82, 2.24) is 4.89 Å². The highest BCUT2D eigenvalue weighted by Gasteiger charge is 2.27. The summed E-state index contributed by atoms with van der Waals surface area (Å²) < 4.78 is 21.7. The monoisotopic (exact) mass is 165 g/mol. The second-order valence-corrected chi connectivity index (χ2v) is 4.24. The Balaban J connectivity index is 2.34. The molecular formula is C5H11NO3S. The van der Waals surface area contributed by atoms with Crippen molar-refractivity contribution >= 4 is 10.0 Å². The molecule has 0 atom stereocenters. The third-order valence-corrected chi connectivity index (χ3v) is 2.69. The zero-order chi connectivity index (χ0) is 7.61. The average Bonchev–Trinajstić information content (AvgIpc) is 2.48. The standard InChI is InChI=1S/C5H11NO3S/c1-9-6-10(7,8)4-5-2-3-5/h5-6H,2-4H2,1H3. The van der Waals surface area contributed by atoms with Crippen molar-refractivity contribution in [3.8, 4) is 0 Å². The molecule has 0 aromatic carbocycles. The molecule has 0 aromatic heterocycles. The molecule has 0 radical (unpaired) electrons. The van der Waals surface area contributed by atoms with E-state index in [9.17, 15) is 8.42 Å². The fourth-order valence-corrected chi connectivity index (χ4v) is 2.03. The first kappa shape index (κ1) is 7.97. The topological polar surface area (TPSA) is 55.4 Å². The molecule has 1 saturated carbocycles. The summed E-state index contributed by atoms with van der Waals surface area (Å²) in [6, 6.07) is 0. The summed E-state index contributed by atoms with van der Waals surface area (Å²) in [5.74, 6) is 0.577. The van der Waals surface area contributed by atoms with E-state index in [4.69, 9.17) is 0 Å². The van der Waals surface area contributed by atoms with Crippen LogP contribution in [0.5, 0.6) is 0 Å². The average molecular weight is 165 g/mol. The molecule has 1 aliphatic carbocycles. The molecule has 4 nitrogen and oxygen atoms in total. The van der Waals surface area contributed by atoms with Gasteiger partial charge in [-0.2, -0.15) is 0 Å². The Kier molecular flexibility index (Phi) is 2.28. The first-order valence-electron chi connectivity index (χ1n) is 3.16. The highest BCUT2D eigenvalue weighted by atomic mass is 32.2. The molecule has 0 aliphatic heterocycles. The fourth-order valence-electron chi connectivity index (χ4n) is 0.756. The maximum Gasteiger partial charge on any atom is 0.233 e. The van der Waals surface area contributed by atoms with Crippen molar-refractivity contribution in [2.75, 3.05) is 12.9 Å². The first-order valence-corrected chi connectivity index (χ1v) is 4.82. The molecule has 0 aromatic rings. The van der Waals surface area contributed by atoms with Gasteiger partial charge in [0.15, 0.2) is 0 Å². The van der Waals surface area contributed by atoms with E-state index in [-0.39, 0.29) is 5.75 Å². The van der Waals surface area contributed by atoms with Gasteiger partial charge in [0, 0.05) is 0 Å². The number of sulfonamides is 1. The van der Waals surface area contributed by atoms with Crippen LogP contribution in [0.3, 0.4) is 0 Å². The lowest BCUT2D eigenvalue weighted by Crippen LogP contribution is -2.25. The maximum absolute atomic E-state index is 10.8. The van der Waals surface area contributed by atoms with Crippen LogP contribution >= 0.6 is 0 Å². The summed E-state index contributed by atoms with van der Waals surface area (Å²) in [5, 5.41) is 0. The predicted molar refractivity (Wildman–Crippen MR) is 36.7 cm³/mol. The summed E-state index contributed by atoms with van der Waals surface area (Å²) in [6.07, 6.45) is 2.06. The first-order chi connectivity index (χ1) is 4.64. The lowest BCUT2D eigenvalue weighted by atomic mass is 10.5. The number of hydrogen-bond acceptors (Lipinski definition) is 3. The van der Waals surface area contributed by atoms with Gasteiger partial charge >= 0.3 is 0 Å². The molecule has 1 rings (SSSR count). The maximum atomic E-state index is 10.8. The van der Waals surface area contributed by atoms with Crippen molar-refractivity contribution in [2.45, 2.75) is 12.8 Å². The number of rotatable bonds is 4. The molecule has 1 N–H and O–H groups in total. The largest absolute Gasteiger partial charge is 0.290 e. The van der Waals surface area contributed by atoms with Gasteiger partial charge < -0.3 is 0 Å². The molecular weight excluding hydrogens is 154 g/mol. The molecule has 0 heterocycles. The summed E-state index contributed by atoms with van der Waals surface area (Å²) in [5.41, 5.74) is 0. The second-order valence-electron chi connectivity index (χ2n) is 2.51. The smallest absolute Gasteiger partial charge is 0.233 e. The summed E-state index contributed by atoms with van der Waals surface area (Å²) in [6.45, 7) is 0. The van der Waals surface area contributed by atoms with Crippen LogP contribution in [0.1, 0.15) is 12.8 Å². The van der Waals surface area contributed by atoms with Crippen molar-refractivity contribution in [3.63, 3.8) is 0 Å². The van der Waals surface area contributed by atoms with Crippen molar-refractivity contribution in [1.29, 1.82) is 0 Å². The van der Waals surface area contributed by atoms with E-state index in [0.717, 1.165) is 12.8 Å². The Morgan fingerprint density at radius 2 is 2.20 bits per heavy atom. The third kappa shape index (κ3) is 2.64. The lowest BCUT2D eigenvalue weighted by molar-refractivity contribution is 0.153. The number of nitrogens with one attached hydrogen (secondary N) is 1. The van der Waals surface area contributed by atoms with Gasteiger partial charge in [0.2, 0.25) is 10.0 Å². The lowest BCUT2D eigenvalue weighted by Gasteiger charge is -2.00. The molecule has 1 aliphatic rings. The Morgan fingerprint density at radius 3 is 2.60 bits per heavy atom. The normalized spacial score (nSPS) is 19.3. The number of hydrogen-bond donors (Lipinski definition) is 1. The van der Waals surface area contributed by atoms with E-state index in [1.165, 1.54) is 7.11 Å². The minimum absolute atomic E-state index is 0.209. The van der Waals surface area contributed by atoms with Gasteiger partial charge in [-0.25, -0.2) is 8.42 Å². The van der Waals surface area contributed by atoms with Gasteiger partial charge in [-0.05, 0) is 18.8 Å². The molecule has 0 bridgehead atoms. The van der Waals surface area contributed by atoms with E-state index >= 15 is 0 Å². The summed E-state index contributed by atoms with van der Waals surface area (Å²) in [4.78, 5) is 6.26. The molecule has 60 valence electrons. The van der Waals surface area contributed by atoms with Gasteiger partial charge in [0.25, 0.3) is 0 Å². The van der Waals surface area contributed by atoms with Crippen molar-refractivity contribution in [3.05, 3.63) is 0 Å². The Morgan fingerprint density at radius 1 is 1.60 bits per heavy atom. The fraction of sp³-hybridized carbons (Fsp3) is 1.00. The second kappa shape index (κ2) is 2.86. The zero-order valence-electron chi connectivity index (χ0n) is 5.83. The van der Waals surface area contributed by atoms with E-state index in [1.807, 2.05) is 4.89 Å². The van der Waals surface area contributed by atoms with Gasteiger partial charge in [0.1, 0.15) is 0 Å². The van der Waals surface area contributed by atoms with Crippen LogP contribution in [0.15, 0.2) is 0 Å². The van der Waals surface area contributed by atoms with Crippen LogP contribution in [-0.4, -0.2) is 21.3 Å². The van der Waals surface area contributed by atoms with Gasteiger partial charge in [-0.3, -0.25) is 4.84 Å². The van der Waals surface area contributed by atoms with Crippen molar-refractivity contribution in [2.24, 2.45) is 5.92 Å². The van der Waals surface area contributed by atoms with Crippen LogP contribution < -0.4 is 4.89 Å². The van der Waals surface area contributed by atoms with Crippen LogP contribution in [0, 0.1) is 5.92 Å². The molecule has 1 fully saturated rings. The van der Waals surface area contributed by atoms with E-state index in [0.29, 0.717) is 5.92 Å². The zero-order valence-corrected chi connectivity index (χ0v) is 6.65. The Hall–Kier alpha value is -0.130. The Labute approximate surface area is 60.6 Å². The summed E-state index contributed by atoms with van der Waals surface area (Å²) in [7, 11) is -1.84. The third-order valence-electron chi connectivity index (χ3n) is 1.36. The molecule has 0 saturated heterocycles. The highest BCUT2D eigenvalue weighted by molar-refractivity contribution is 7.89. The highest BCUT2D eigenvalue weighted by Crippen LogP contribution is 2.29. The van der Waals surface area contributed by atoms with E-state index in [2.05, 4.69) is 4.84 Å². The SMILES string of the molecule is CONS(=O)(=O)CC1CC1. The molecule has 5 heteroatoms. The van der Waals surface area contributed by atoms with Crippen LogP contribution in [0.4, 0.5) is 0 Å². The van der Waals surface area contributed by atoms with Crippen LogP contribution in [0.25, 0.3) is 0 Å². The van der Waals surface area contributed by atoms with Gasteiger partial charge in [0.05, 0.1) is 12.9 Å². The van der Waals surface area contributed by atoms with Crippen molar-refractivity contribution < 1.29 is 13.3 Å². The quantitative estimate of drug-likeness (QED) is 0.591. The van der Waals surface area contributed by atoms with Crippen LogP contribution in [0.2, 0.25) is 0 Å². The molecule has 10 heavy (non-hydrogen) atoms. The molecule has 0 spiro atoms. The van der Waals surface area contributed by atoms with E-state index in [1.54, 1.807) is 0 Å². The molecule has 0 unspecified atom stereocenters. The van der Waals surface area contributed by atoms with Crippen LogP contribution in [-0.2, 0) is 14.9 Å². The van der Waals surface area contributed by atoms with Gasteiger partial charge in [-0.15, -0.1) is 0 Å². The predicted octanol–water partition coefficient (Wildman–Crippen LogP) is -0.123. The molecule has 0 amide bonds. The summed E-state index contributed by atoms with van der Waals surface area (Å²) >= 11 is 0.